The third-order valence-corrected chi connectivity index (χ3v) is 2.62. The van der Waals surface area contributed by atoms with Gasteiger partial charge in [0, 0.05) is 11.6 Å². The molecule has 5 nitrogen and oxygen atoms in total. The molecule has 0 aromatic heterocycles. The van der Waals surface area contributed by atoms with E-state index < -0.39 is 0 Å². The number of amides is 1. The number of benzene rings is 1. The van der Waals surface area contributed by atoms with Crippen molar-refractivity contribution in [2.45, 2.75) is 26.3 Å². The maximum absolute atomic E-state index is 11.4. The van der Waals surface area contributed by atoms with E-state index in [4.69, 9.17) is 9.57 Å². The molecule has 0 heterocycles. The first-order chi connectivity index (χ1) is 9.17. The minimum absolute atomic E-state index is 0.0873. The third kappa shape index (κ3) is 5.42. The molecule has 0 radical (unpaired) electrons. The van der Waals surface area contributed by atoms with Gasteiger partial charge in [-0.25, -0.2) is 0 Å². The first kappa shape index (κ1) is 15.0. The monoisotopic (exact) mass is 264 g/mol. The molecule has 1 aromatic rings. The van der Waals surface area contributed by atoms with Gasteiger partial charge in [0.25, 0.3) is 5.91 Å². The van der Waals surface area contributed by atoms with Gasteiger partial charge in [0.05, 0.1) is 13.3 Å². The van der Waals surface area contributed by atoms with Crippen molar-refractivity contribution in [3.8, 4) is 5.75 Å². The molecule has 0 bridgehead atoms. The molecule has 0 saturated heterocycles. The number of hydrogen-bond donors (Lipinski definition) is 1. The van der Waals surface area contributed by atoms with Crippen LogP contribution >= 0.6 is 0 Å². The molecule has 0 aliphatic heterocycles. The zero-order valence-corrected chi connectivity index (χ0v) is 11.6. The Bertz CT molecular complexity index is 432. The quantitative estimate of drug-likeness (QED) is 0.605. The fourth-order valence-electron chi connectivity index (χ4n) is 1.38. The summed E-state index contributed by atoms with van der Waals surface area (Å²) in [5, 5.41) is 6.55. The second kappa shape index (κ2) is 8.13. The van der Waals surface area contributed by atoms with Gasteiger partial charge >= 0.3 is 0 Å². The van der Waals surface area contributed by atoms with Crippen molar-refractivity contribution < 1.29 is 14.4 Å². The highest BCUT2D eigenvalue weighted by molar-refractivity contribution is 5.83. The molecule has 1 aromatic carbocycles. The Morgan fingerprint density at radius 2 is 2.21 bits per heavy atom. The molecule has 0 saturated carbocycles. The lowest BCUT2D eigenvalue weighted by Crippen LogP contribution is -2.34. The molecular weight excluding hydrogens is 244 g/mol. The van der Waals surface area contributed by atoms with E-state index >= 15 is 0 Å². The van der Waals surface area contributed by atoms with E-state index in [2.05, 4.69) is 10.5 Å². The number of rotatable bonds is 7. The SMILES string of the molecule is CC[C@@H](C)NC(=O)CO/N=C\c1ccccc1OC. The number of carbonyl (C=O) groups is 1. The summed E-state index contributed by atoms with van der Waals surface area (Å²) >= 11 is 0. The van der Waals surface area contributed by atoms with Gasteiger partial charge in [-0.05, 0) is 25.5 Å². The molecule has 104 valence electrons. The number of nitrogens with one attached hydrogen (secondary N) is 1. The molecule has 0 unspecified atom stereocenters. The van der Waals surface area contributed by atoms with Crippen molar-refractivity contribution in [3.05, 3.63) is 29.8 Å². The van der Waals surface area contributed by atoms with Gasteiger partial charge in [0.2, 0.25) is 0 Å². The van der Waals surface area contributed by atoms with Crippen molar-refractivity contribution in [2.24, 2.45) is 5.16 Å². The summed E-state index contributed by atoms with van der Waals surface area (Å²) in [7, 11) is 1.59. The molecule has 1 atom stereocenters. The second-order valence-electron chi connectivity index (χ2n) is 4.13. The minimum atomic E-state index is -0.175. The summed E-state index contributed by atoms with van der Waals surface area (Å²) in [5.41, 5.74) is 0.798. The van der Waals surface area contributed by atoms with Crippen LogP contribution < -0.4 is 10.1 Å². The number of carbonyl (C=O) groups excluding carboxylic acids is 1. The van der Waals surface area contributed by atoms with E-state index in [1.165, 1.54) is 6.21 Å². The predicted molar refractivity (Wildman–Crippen MR) is 74.4 cm³/mol. The summed E-state index contributed by atoms with van der Waals surface area (Å²) in [6.45, 7) is 3.86. The Hall–Kier alpha value is -2.04. The molecule has 0 spiro atoms. The molecule has 1 N–H and O–H groups in total. The largest absolute Gasteiger partial charge is 0.496 e. The van der Waals surface area contributed by atoms with Crippen LogP contribution in [-0.4, -0.2) is 31.9 Å². The maximum Gasteiger partial charge on any atom is 0.260 e. The average molecular weight is 264 g/mol. The van der Waals surface area contributed by atoms with Gasteiger partial charge in [0.15, 0.2) is 6.61 Å². The summed E-state index contributed by atoms with van der Waals surface area (Å²) in [6, 6.07) is 7.58. The average Bonchev–Trinajstić information content (AvgIpc) is 2.43. The highest BCUT2D eigenvalue weighted by atomic mass is 16.6. The number of oxime groups is 1. The maximum atomic E-state index is 11.4. The number of hydrogen-bond acceptors (Lipinski definition) is 4. The van der Waals surface area contributed by atoms with Crippen molar-refractivity contribution in [3.63, 3.8) is 0 Å². The van der Waals surface area contributed by atoms with Gasteiger partial charge in [-0.3, -0.25) is 4.79 Å². The zero-order chi connectivity index (χ0) is 14.1. The number of ether oxygens (including phenoxy) is 1. The van der Waals surface area contributed by atoms with Crippen molar-refractivity contribution in [1.82, 2.24) is 5.32 Å². The Balaban J connectivity index is 2.40. The summed E-state index contributed by atoms with van der Waals surface area (Å²) in [5.74, 6) is 0.533. The van der Waals surface area contributed by atoms with Crippen LogP contribution in [0.1, 0.15) is 25.8 Å². The van der Waals surface area contributed by atoms with Crippen LogP contribution in [0.4, 0.5) is 0 Å². The van der Waals surface area contributed by atoms with Gasteiger partial charge in [0.1, 0.15) is 5.75 Å². The third-order valence-electron chi connectivity index (χ3n) is 2.62. The molecule has 0 aliphatic carbocycles. The van der Waals surface area contributed by atoms with E-state index in [1.807, 2.05) is 38.1 Å². The molecule has 0 aliphatic rings. The van der Waals surface area contributed by atoms with Crippen LogP contribution in [0.2, 0.25) is 0 Å². The zero-order valence-electron chi connectivity index (χ0n) is 11.6. The first-order valence-electron chi connectivity index (χ1n) is 6.25. The highest BCUT2D eigenvalue weighted by Gasteiger charge is 2.05. The van der Waals surface area contributed by atoms with Crippen LogP contribution in [0, 0.1) is 0 Å². The number of nitrogens with zero attached hydrogens (tertiary/aromatic N) is 1. The molecule has 1 rings (SSSR count). The number of methoxy groups -OCH3 is 1. The lowest BCUT2D eigenvalue weighted by atomic mass is 10.2. The molecule has 5 heteroatoms. The van der Waals surface area contributed by atoms with Crippen molar-refractivity contribution in [2.75, 3.05) is 13.7 Å². The topological polar surface area (TPSA) is 59.9 Å². The minimum Gasteiger partial charge on any atom is -0.496 e. The Morgan fingerprint density at radius 3 is 2.89 bits per heavy atom. The normalized spacial score (nSPS) is 12.2. The second-order valence-corrected chi connectivity index (χ2v) is 4.13. The Kier molecular flexibility index (Phi) is 6.43. The van der Waals surface area contributed by atoms with Crippen LogP contribution in [-0.2, 0) is 9.63 Å². The molecule has 19 heavy (non-hydrogen) atoms. The summed E-state index contributed by atoms with van der Waals surface area (Å²) < 4.78 is 5.16. The Morgan fingerprint density at radius 1 is 1.47 bits per heavy atom. The van der Waals surface area contributed by atoms with Crippen LogP contribution in [0.5, 0.6) is 5.75 Å². The van der Waals surface area contributed by atoms with Crippen LogP contribution in [0.25, 0.3) is 0 Å². The van der Waals surface area contributed by atoms with Crippen molar-refractivity contribution in [1.29, 1.82) is 0 Å². The molecule has 0 fully saturated rings. The van der Waals surface area contributed by atoms with E-state index in [9.17, 15) is 4.79 Å². The molecule has 1 amide bonds. The lowest BCUT2D eigenvalue weighted by Gasteiger charge is -2.10. The van der Waals surface area contributed by atoms with Gasteiger partial charge in [-0.15, -0.1) is 0 Å². The Labute approximate surface area is 113 Å². The standard InChI is InChI=1S/C14H20N2O3/c1-4-11(2)16-14(17)10-19-15-9-12-7-5-6-8-13(12)18-3/h5-9,11H,4,10H2,1-3H3,(H,16,17)/b15-9-/t11-/m1/s1. The van der Waals surface area contributed by atoms with E-state index in [1.54, 1.807) is 7.11 Å². The molecular formula is C14H20N2O3. The fourth-order valence-corrected chi connectivity index (χ4v) is 1.38. The smallest absolute Gasteiger partial charge is 0.260 e. The van der Waals surface area contributed by atoms with Crippen LogP contribution in [0.15, 0.2) is 29.4 Å². The van der Waals surface area contributed by atoms with Crippen LogP contribution in [0.3, 0.4) is 0 Å². The van der Waals surface area contributed by atoms with E-state index in [0.29, 0.717) is 5.75 Å². The fraction of sp³-hybridized carbons (Fsp3) is 0.429. The predicted octanol–water partition coefficient (Wildman–Crippen LogP) is 1.96. The first-order valence-corrected chi connectivity index (χ1v) is 6.25. The number of para-hydroxylation sites is 1. The van der Waals surface area contributed by atoms with E-state index in [0.717, 1.165) is 12.0 Å². The summed E-state index contributed by atoms with van der Waals surface area (Å²) in [6.07, 6.45) is 2.41. The van der Waals surface area contributed by atoms with Gasteiger partial charge < -0.3 is 14.9 Å². The van der Waals surface area contributed by atoms with E-state index in [-0.39, 0.29) is 18.6 Å². The summed E-state index contributed by atoms with van der Waals surface area (Å²) in [4.78, 5) is 16.4. The highest BCUT2D eigenvalue weighted by Crippen LogP contribution is 2.14. The van der Waals surface area contributed by atoms with Crippen molar-refractivity contribution >= 4 is 12.1 Å². The van der Waals surface area contributed by atoms with Gasteiger partial charge in [-0.1, -0.05) is 24.2 Å². The lowest BCUT2D eigenvalue weighted by molar-refractivity contribution is -0.126. The van der Waals surface area contributed by atoms with Gasteiger partial charge in [-0.2, -0.15) is 0 Å².